The Morgan fingerprint density at radius 2 is 2.11 bits per heavy atom. The van der Waals surface area contributed by atoms with Gasteiger partial charge in [0.2, 0.25) is 0 Å². The molecule has 11 nitrogen and oxygen atoms in total. The highest BCUT2D eigenvalue weighted by Gasteiger charge is 2.47. The number of H-pyrrole nitrogens is 1. The molecule has 0 aromatic carbocycles. The van der Waals surface area contributed by atoms with Crippen molar-refractivity contribution in [3.63, 3.8) is 0 Å². The number of aliphatic hydroxyl groups excluding tert-OH is 2. The normalized spacial score (nSPS) is 27.7. The highest BCUT2D eigenvalue weighted by atomic mass is 32.2. The number of nitrogens with two attached hydrogens (primary N) is 2. The first-order valence-electron chi connectivity index (χ1n) is 8.33. The average molecular weight is 399 g/mol. The number of anilines is 1. The Morgan fingerprint density at radius 1 is 1.37 bits per heavy atom. The third kappa shape index (κ3) is 3.99. The number of ether oxygens (including phenoxy) is 1. The third-order valence-electron chi connectivity index (χ3n) is 4.58. The number of hydrogen-bond donors (Lipinski definition) is 6. The Morgan fingerprint density at radius 3 is 2.81 bits per heavy atom. The Labute approximate surface area is 157 Å². The zero-order valence-electron chi connectivity index (χ0n) is 14.6. The van der Waals surface area contributed by atoms with Crippen LogP contribution in [0.5, 0.6) is 0 Å². The van der Waals surface area contributed by atoms with Crippen LogP contribution in [0.3, 0.4) is 0 Å². The van der Waals surface area contributed by atoms with E-state index in [4.69, 9.17) is 21.3 Å². The minimum atomic E-state index is -1.16. The molecule has 0 bridgehead atoms. The molecule has 0 amide bonds. The van der Waals surface area contributed by atoms with Crippen molar-refractivity contribution in [2.45, 2.75) is 36.9 Å². The van der Waals surface area contributed by atoms with E-state index in [1.807, 2.05) is 6.26 Å². The van der Waals surface area contributed by atoms with Gasteiger partial charge in [-0.2, -0.15) is 5.10 Å². The van der Waals surface area contributed by atoms with Crippen LogP contribution in [0.2, 0.25) is 0 Å². The van der Waals surface area contributed by atoms with E-state index >= 15 is 0 Å². The summed E-state index contributed by atoms with van der Waals surface area (Å²) in [6.07, 6.45) is -0.0981. The van der Waals surface area contributed by atoms with Gasteiger partial charge in [-0.15, -0.1) is 0 Å². The summed E-state index contributed by atoms with van der Waals surface area (Å²) in [5.74, 6) is 0.242. The maximum Gasteiger partial charge on any atom is 0.320 e. The fraction of sp³-hybridized carbons (Fsp3) is 0.600. The lowest BCUT2D eigenvalue weighted by Crippen LogP contribution is -2.37. The number of aromatic nitrogens is 4. The molecule has 1 aliphatic heterocycles. The molecule has 0 aliphatic carbocycles. The lowest BCUT2D eigenvalue weighted by molar-refractivity contribution is -0.138. The van der Waals surface area contributed by atoms with Crippen LogP contribution < -0.4 is 11.5 Å². The number of rotatable bonds is 7. The molecule has 2 aromatic rings. The van der Waals surface area contributed by atoms with Crippen LogP contribution in [0, 0.1) is 0 Å². The number of aliphatic hydroxyl groups is 2. The van der Waals surface area contributed by atoms with Crippen molar-refractivity contribution in [1.82, 2.24) is 20.2 Å². The zero-order chi connectivity index (χ0) is 19.7. The topological polar surface area (TPSA) is 193 Å². The number of nitrogens with one attached hydrogen (secondary N) is 1. The summed E-state index contributed by atoms with van der Waals surface area (Å²) in [5.41, 5.74) is 12.5. The minimum absolute atomic E-state index is 0.206. The minimum Gasteiger partial charge on any atom is -0.480 e. The van der Waals surface area contributed by atoms with Gasteiger partial charge >= 0.3 is 5.97 Å². The van der Waals surface area contributed by atoms with E-state index in [0.717, 1.165) is 0 Å². The molecule has 1 aliphatic rings. The predicted molar refractivity (Wildman–Crippen MR) is 99.0 cm³/mol. The summed E-state index contributed by atoms with van der Waals surface area (Å²) in [6, 6.07) is -0.908. The predicted octanol–water partition coefficient (Wildman–Crippen LogP) is -1.85. The number of nitrogens with zero attached hydrogens (tertiary/aromatic N) is 3. The highest BCUT2D eigenvalue weighted by Crippen LogP contribution is 2.36. The number of carbonyl (C=O) groups is 1. The quantitative estimate of drug-likeness (QED) is 0.288. The molecule has 0 saturated carbocycles. The van der Waals surface area contributed by atoms with E-state index in [9.17, 15) is 15.0 Å². The van der Waals surface area contributed by atoms with Crippen LogP contribution in [-0.2, 0) is 20.4 Å². The van der Waals surface area contributed by atoms with Gasteiger partial charge in [-0.1, -0.05) is 0 Å². The summed E-state index contributed by atoms with van der Waals surface area (Å²) in [7, 11) is -0.236. The lowest BCUT2D eigenvalue weighted by Gasteiger charge is -2.14. The zero-order valence-corrected chi connectivity index (χ0v) is 15.5. The number of hydrogen-bond acceptors (Lipinski definition) is 9. The van der Waals surface area contributed by atoms with E-state index in [2.05, 4.69) is 20.2 Å². The maximum atomic E-state index is 10.8. The smallest absolute Gasteiger partial charge is 0.320 e. The molecule has 27 heavy (non-hydrogen) atoms. The molecular weight excluding hydrogens is 376 g/mol. The average Bonchev–Trinajstić information content (AvgIpc) is 3.17. The molecular formula is C15H23N6O5S+. The van der Waals surface area contributed by atoms with Crippen LogP contribution in [-0.4, -0.2) is 83.6 Å². The van der Waals surface area contributed by atoms with Crippen molar-refractivity contribution in [1.29, 1.82) is 0 Å². The van der Waals surface area contributed by atoms with Crippen molar-refractivity contribution in [2.24, 2.45) is 5.73 Å². The van der Waals surface area contributed by atoms with Gasteiger partial charge in [0.25, 0.3) is 0 Å². The van der Waals surface area contributed by atoms with Gasteiger partial charge < -0.3 is 31.5 Å². The Bertz CT molecular complexity index is 819. The van der Waals surface area contributed by atoms with Crippen LogP contribution in [0.15, 0.2) is 6.33 Å². The first-order valence-corrected chi connectivity index (χ1v) is 10.3. The van der Waals surface area contributed by atoms with Crippen LogP contribution in [0.4, 0.5) is 5.82 Å². The van der Waals surface area contributed by atoms with Gasteiger partial charge in [0.15, 0.2) is 11.3 Å². The highest BCUT2D eigenvalue weighted by molar-refractivity contribution is 7.96. The number of aromatic amines is 1. The SMILES string of the molecule is C[S+](CC[C@H](N)C(=O)O)C[C@H]1O[C@@H](c2[nH]nc3c(N)ncnc23)[C@H](O)[C@@H]1O. The molecule has 12 heteroatoms. The monoisotopic (exact) mass is 399 g/mol. The fourth-order valence-electron chi connectivity index (χ4n) is 3.01. The molecule has 1 fully saturated rings. The van der Waals surface area contributed by atoms with Gasteiger partial charge in [-0.25, -0.2) is 9.97 Å². The number of carboxylic acid groups (broad SMARTS) is 1. The van der Waals surface area contributed by atoms with Crippen molar-refractivity contribution in [3.8, 4) is 0 Å². The molecule has 0 radical (unpaired) electrons. The van der Waals surface area contributed by atoms with E-state index in [1.165, 1.54) is 6.33 Å². The molecule has 3 rings (SSSR count). The van der Waals surface area contributed by atoms with Crippen molar-refractivity contribution >= 4 is 33.7 Å². The number of fused-ring (bicyclic) bond motifs is 1. The lowest BCUT2D eigenvalue weighted by atomic mass is 10.1. The summed E-state index contributed by atoms with van der Waals surface area (Å²) < 4.78 is 5.89. The largest absolute Gasteiger partial charge is 0.480 e. The third-order valence-corrected chi connectivity index (χ3v) is 6.41. The summed E-state index contributed by atoms with van der Waals surface area (Å²) in [6.45, 7) is 0. The standard InChI is InChI=1S/C15H22N6O5S/c1-27(3-2-6(16)15(24)25)4-7-11(22)12(23)13(26-7)9-8-10(21-20-9)14(17)19-5-18-8/h5-7,11-13,22-23H,2-4,16H2,1H3,(H3-,17,18,19,20,21,24,25)/p+1/t6-,7+,11+,12+,13-,27?/m0/s1. The fourth-order valence-corrected chi connectivity index (χ4v) is 4.67. The molecule has 2 aromatic heterocycles. The molecule has 1 unspecified atom stereocenters. The van der Waals surface area contributed by atoms with Gasteiger partial charge in [0, 0.05) is 6.42 Å². The van der Waals surface area contributed by atoms with Crippen LogP contribution in [0.25, 0.3) is 11.0 Å². The first-order chi connectivity index (χ1) is 12.8. The summed E-state index contributed by atoms with van der Waals surface area (Å²) in [5, 5.41) is 36.5. The number of nitrogen functional groups attached to an aromatic ring is 1. The van der Waals surface area contributed by atoms with Crippen molar-refractivity contribution < 1.29 is 24.9 Å². The van der Waals surface area contributed by atoms with Gasteiger partial charge in [-0.3, -0.25) is 9.89 Å². The van der Waals surface area contributed by atoms with Gasteiger partial charge in [0.05, 0.1) is 11.9 Å². The Kier molecular flexibility index (Phi) is 5.81. The second kappa shape index (κ2) is 7.94. The summed E-state index contributed by atoms with van der Waals surface area (Å²) >= 11 is 0. The van der Waals surface area contributed by atoms with Crippen LogP contribution >= 0.6 is 0 Å². The molecule has 6 atom stereocenters. The number of carboxylic acids is 1. The maximum absolute atomic E-state index is 10.8. The van der Waals surface area contributed by atoms with Crippen molar-refractivity contribution in [2.75, 3.05) is 23.5 Å². The second-order valence-corrected chi connectivity index (χ2v) is 8.86. The van der Waals surface area contributed by atoms with E-state index < -0.39 is 36.4 Å². The van der Waals surface area contributed by atoms with Crippen LogP contribution in [0.1, 0.15) is 18.2 Å². The Hall–Kier alpha value is -1.99. The molecule has 0 spiro atoms. The molecule has 148 valence electrons. The van der Waals surface area contributed by atoms with Gasteiger partial charge in [-0.05, 0) is 10.9 Å². The second-order valence-electron chi connectivity index (χ2n) is 6.56. The van der Waals surface area contributed by atoms with E-state index in [-0.39, 0.29) is 16.7 Å². The molecule has 1 saturated heterocycles. The Balaban J connectivity index is 1.68. The van der Waals surface area contributed by atoms with Gasteiger partial charge in [0.1, 0.15) is 53.8 Å². The summed E-state index contributed by atoms with van der Waals surface area (Å²) in [4.78, 5) is 18.8. The van der Waals surface area contributed by atoms with E-state index in [0.29, 0.717) is 34.7 Å². The molecule has 8 N–H and O–H groups in total. The van der Waals surface area contributed by atoms with E-state index in [1.54, 1.807) is 0 Å². The molecule has 3 heterocycles. The van der Waals surface area contributed by atoms with Crippen molar-refractivity contribution in [3.05, 3.63) is 12.0 Å². The first kappa shape index (κ1) is 19.8. The number of aliphatic carboxylic acids is 1.